The molecule has 90 valence electrons. The van der Waals surface area contributed by atoms with E-state index < -0.39 is 0 Å². The third-order valence-corrected chi connectivity index (χ3v) is 3.52. The van der Waals surface area contributed by atoms with E-state index in [-0.39, 0.29) is 5.91 Å². The fraction of sp³-hybridized carbons (Fsp3) is 0.333. The van der Waals surface area contributed by atoms with Gasteiger partial charge in [0.1, 0.15) is 5.69 Å². The van der Waals surface area contributed by atoms with Gasteiger partial charge >= 0.3 is 0 Å². The second kappa shape index (κ2) is 5.14. The third kappa shape index (κ3) is 2.94. The van der Waals surface area contributed by atoms with Crippen LogP contribution in [0.4, 0.5) is 0 Å². The van der Waals surface area contributed by atoms with Gasteiger partial charge in [-0.1, -0.05) is 6.07 Å². The van der Waals surface area contributed by atoms with E-state index in [0.717, 1.165) is 12.1 Å². The van der Waals surface area contributed by atoms with E-state index in [9.17, 15) is 4.79 Å². The molecule has 0 bridgehead atoms. The van der Waals surface area contributed by atoms with Crippen LogP contribution in [0.15, 0.2) is 23.6 Å². The predicted molar refractivity (Wildman–Crippen MR) is 68.3 cm³/mol. The van der Waals surface area contributed by atoms with Crippen LogP contribution in [0.2, 0.25) is 0 Å². The van der Waals surface area contributed by atoms with Crippen LogP contribution in [0.5, 0.6) is 0 Å². The second-order valence-corrected chi connectivity index (χ2v) is 4.91. The average molecular weight is 249 g/mol. The third-order valence-electron chi connectivity index (χ3n) is 2.58. The van der Waals surface area contributed by atoms with E-state index in [2.05, 4.69) is 16.5 Å². The van der Waals surface area contributed by atoms with Crippen LogP contribution < -0.4 is 5.32 Å². The molecule has 0 aliphatic heterocycles. The number of rotatable bonds is 4. The number of nitrogens with zero attached hydrogens (tertiary/aromatic N) is 2. The first kappa shape index (κ1) is 11.9. The quantitative estimate of drug-likeness (QED) is 0.897. The molecule has 1 N–H and O–H groups in total. The molecule has 4 nitrogen and oxygen atoms in total. The Balaban J connectivity index is 1.85. The number of thiophene rings is 1. The molecule has 0 aliphatic carbocycles. The topological polar surface area (TPSA) is 46.9 Å². The van der Waals surface area contributed by atoms with Crippen LogP contribution >= 0.6 is 11.3 Å². The maximum atomic E-state index is 11.8. The summed E-state index contributed by atoms with van der Waals surface area (Å²) < 4.78 is 1.70. The zero-order valence-electron chi connectivity index (χ0n) is 9.93. The Hall–Kier alpha value is -1.62. The van der Waals surface area contributed by atoms with Crippen LogP contribution in [0.1, 0.15) is 21.1 Å². The molecule has 2 aromatic rings. The SMILES string of the molecule is Cc1cc(C(=O)NCCc2cccs2)nn1C. The molecule has 1 amide bonds. The van der Waals surface area contributed by atoms with Crippen molar-refractivity contribution in [1.29, 1.82) is 0 Å². The molecule has 0 saturated carbocycles. The molecule has 2 rings (SSSR count). The van der Waals surface area contributed by atoms with Crippen molar-refractivity contribution >= 4 is 17.2 Å². The van der Waals surface area contributed by atoms with Crippen molar-refractivity contribution in [3.63, 3.8) is 0 Å². The molecule has 17 heavy (non-hydrogen) atoms. The van der Waals surface area contributed by atoms with Gasteiger partial charge in [-0.3, -0.25) is 9.48 Å². The molecule has 0 spiro atoms. The highest BCUT2D eigenvalue weighted by Crippen LogP contribution is 2.08. The van der Waals surface area contributed by atoms with Gasteiger partial charge in [-0.05, 0) is 30.9 Å². The summed E-state index contributed by atoms with van der Waals surface area (Å²) in [5, 5.41) is 9.04. The van der Waals surface area contributed by atoms with Gasteiger partial charge in [-0.15, -0.1) is 11.3 Å². The zero-order valence-corrected chi connectivity index (χ0v) is 10.8. The maximum Gasteiger partial charge on any atom is 0.271 e. The Morgan fingerprint density at radius 1 is 1.59 bits per heavy atom. The molecular formula is C12H15N3OS. The first-order chi connectivity index (χ1) is 8.16. The van der Waals surface area contributed by atoms with Crippen LogP contribution in [0, 0.1) is 6.92 Å². The van der Waals surface area contributed by atoms with Gasteiger partial charge in [-0.2, -0.15) is 5.10 Å². The van der Waals surface area contributed by atoms with Crippen molar-refractivity contribution in [3.05, 3.63) is 39.8 Å². The largest absolute Gasteiger partial charge is 0.350 e. The summed E-state index contributed by atoms with van der Waals surface area (Å²) in [5.41, 5.74) is 1.46. The lowest BCUT2D eigenvalue weighted by Gasteiger charge is -2.01. The highest BCUT2D eigenvalue weighted by atomic mass is 32.1. The fourth-order valence-electron chi connectivity index (χ4n) is 1.52. The highest BCUT2D eigenvalue weighted by Gasteiger charge is 2.09. The first-order valence-electron chi connectivity index (χ1n) is 5.48. The fourth-order valence-corrected chi connectivity index (χ4v) is 2.23. The number of aromatic nitrogens is 2. The number of aryl methyl sites for hydroxylation is 2. The summed E-state index contributed by atoms with van der Waals surface area (Å²) in [7, 11) is 1.83. The number of hydrogen-bond donors (Lipinski definition) is 1. The lowest BCUT2D eigenvalue weighted by Crippen LogP contribution is -2.26. The number of carbonyl (C=O) groups excluding carboxylic acids is 1. The standard InChI is InChI=1S/C12H15N3OS/c1-9-8-11(14-15(9)2)12(16)13-6-5-10-4-3-7-17-10/h3-4,7-8H,5-6H2,1-2H3,(H,13,16). The molecule has 0 atom stereocenters. The van der Waals surface area contributed by atoms with Gasteiger partial charge in [0.25, 0.3) is 5.91 Å². The number of nitrogens with one attached hydrogen (secondary N) is 1. The van der Waals surface area contributed by atoms with E-state index >= 15 is 0 Å². The summed E-state index contributed by atoms with van der Waals surface area (Å²) in [6.45, 7) is 2.57. The number of carbonyl (C=O) groups is 1. The molecule has 5 heteroatoms. The number of amides is 1. The summed E-state index contributed by atoms with van der Waals surface area (Å²) in [6, 6.07) is 5.88. The first-order valence-corrected chi connectivity index (χ1v) is 6.36. The molecule has 0 saturated heterocycles. The molecule has 0 fully saturated rings. The lowest BCUT2D eigenvalue weighted by atomic mass is 10.3. The van der Waals surface area contributed by atoms with Crippen LogP contribution in [-0.4, -0.2) is 22.2 Å². The summed E-state index contributed by atoms with van der Waals surface area (Å²) in [4.78, 5) is 13.0. The van der Waals surface area contributed by atoms with Crippen molar-refractivity contribution in [2.75, 3.05) is 6.54 Å². The molecule has 0 unspecified atom stereocenters. The van der Waals surface area contributed by atoms with Gasteiger partial charge in [0.05, 0.1) is 0 Å². The highest BCUT2D eigenvalue weighted by molar-refractivity contribution is 7.09. The monoisotopic (exact) mass is 249 g/mol. The van der Waals surface area contributed by atoms with Crippen molar-refractivity contribution in [1.82, 2.24) is 15.1 Å². The Morgan fingerprint density at radius 2 is 2.41 bits per heavy atom. The molecule has 2 heterocycles. The molecule has 0 aromatic carbocycles. The van der Waals surface area contributed by atoms with Crippen LogP contribution in [0.25, 0.3) is 0 Å². The Morgan fingerprint density at radius 3 is 3.00 bits per heavy atom. The predicted octanol–water partition coefficient (Wildman–Crippen LogP) is 1.76. The minimum absolute atomic E-state index is 0.106. The summed E-state index contributed by atoms with van der Waals surface area (Å²) >= 11 is 1.71. The molecule has 0 aliphatic rings. The summed E-state index contributed by atoms with van der Waals surface area (Å²) in [5.74, 6) is -0.106. The maximum absolute atomic E-state index is 11.8. The summed E-state index contributed by atoms with van der Waals surface area (Å²) in [6.07, 6.45) is 0.870. The van der Waals surface area contributed by atoms with E-state index in [0.29, 0.717) is 12.2 Å². The Kier molecular flexibility index (Phi) is 3.58. The minimum atomic E-state index is -0.106. The zero-order chi connectivity index (χ0) is 12.3. The lowest BCUT2D eigenvalue weighted by molar-refractivity contribution is 0.0948. The van der Waals surface area contributed by atoms with Crippen molar-refractivity contribution in [3.8, 4) is 0 Å². The van der Waals surface area contributed by atoms with Crippen LogP contribution in [-0.2, 0) is 13.5 Å². The minimum Gasteiger partial charge on any atom is -0.350 e. The normalized spacial score (nSPS) is 10.5. The van der Waals surface area contributed by atoms with Crippen molar-refractivity contribution in [2.45, 2.75) is 13.3 Å². The van der Waals surface area contributed by atoms with Crippen molar-refractivity contribution < 1.29 is 4.79 Å². The van der Waals surface area contributed by atoms with Gasteiger partial charge < -0.3 is 5.32 Å². The van der Waals surface area contributed by atoms with Gasteiger partial charge in [0, 0.05) is 24.2 Å². The van der Waals surface area contributed by atoms with E-state index in [4.69, 9.17) is 0 Å². The Bertz CT molecular complexity index is 482. The number of hydrogen-bond acceptors (Lipinski definition) is 3. The van der Waals surface area contributed by atoms with E-state index in [1.165, 1.54) is 4.88 Å². The smallest absolute Gasteiger partial charge is 0.271 e. The van der Waals surface area contributed by atoms with Crippen LogP contribution in [0.3, 0.4) is 0 Å². The van der Waals surface area contributed by atoms with E-state index in [1.807, 2.05) is 25.4 Å². The van der Waals surface area contributed by atoms with Gasteiger partial charge in [-0.25, -0.2) is 0 Å². The van der Waals surface area contributed by atoms with Crippen molar-refractivity contribution in [2.24, 2.45) is 7.05 Å². The Labute approximate surface area is 104 Å². The van der Waals surface area contributed by atoms with Gasteiger partial charge in [0.2, 0.25) is 0 Å². The van der Waals surface area contributed by atoms with Gasteiger partial charge in [0.15, 0.2) is 0 Å². The molecule has 2 aromatic heterocycles. The molecule has 0 radical (unpaired) electrons. The molecular weight excluding hydrogens is 234 g/mol. The van der Waals surface area contributed by atoms with E-state index in [1.54, 1.807) is 22.1 Å². The average Bonchev–Trinajstić information content (AvgIpc) is 2.90. The second-order valence-electron chi connectivity index (χ2n) is 3.88.